The van der Waals surface area contributed by atoms with Crippen molar-refractivity contribution in [3.8, 4) is 0 Å². The molecule has 2 aromatic carbocycles. The van der Waals surface area contributed by atoms with Crippen LogP contribution in [-0.2, 0) is 13.6 Å². The molecule has 0 fully saturated rings. The second-order valence-corrected chi connectivity index (χ2v) is 5.32. The number of rotatable bonds is 3. The third kappa shape index (κ3) is 2.37. The molecule has 1 aromatic heterocycles. The number of hydrogen-bond acceptors (Lipinski definition) is 2. The summed E-state index contributed by atoms with van der Waals surface area (Å²) in [6.45, 7) is 2.73. The molecule has 0 bridgehead atoms. The molecule has 0 aliphatic rings. The van der Waals surface area contributed by atoms with Crippen molar-refractivity contribution in [2.24, 2.45) is 7.05 Å². The third-order valence-corrected chi connectivity index (χ3v) is 3.74. The van der Waals surface area contributed by atoms with Gasteiger partial charge in [-0.2, -0.15) is 0 Å². The van der Waals surface area contributed by atoms with Gasteiger partial charge in [-0.25, -0.2) is 4.98 Å². The van der Waals surface area contributed by atoms with Crippen LogP contribution in [0.3, 0.4) is 0 Å². The summed E-state index contributed by atoms with van der Waals surface area (Å²) in [6.07, 6.45) is 0. The Balaban J connectivity index is 1.85. The van der Waals surface area contributed by atoms with Crippen LogP contribution >= 0.6 is 11.6 Å². The van der Waals surface area contributed by atoms with Gasteiger partial charge in [0, 0.05) is 17.8 Å². The zero-order valence-corrected chi connectivity index (χ0v) is 12.3. The molecule has 102 valence electrons. The zero-order chi connectivity index (χ0) is 14.1. The minimum absolute atomic E-state index is 0.688. The molecule has 0 amide bonds. The van der Waals surface area contributed by atoms with Crippen LogP contribution in [0.4, 0.5) is 5.69 Å². The van der Waals surface area contributed by atoms with Crippen molar-refractivity contribution in [3.63, 3.8) is 0 Å². The molecule has 0 aliphatic carbocycles. The Morgan fingerprint density at radius 3 is 2.75 bits per heavy atom. The number of aromatic nitrogens is 2. The molecule has 4 heteroatoms. The number of hydrogen-bond donors (Lipinski definition) is 1. The van der Waals surface area contributed by atoms with E-state index in [1.165, 1.54) is 0 Å². The Hall–Kier alpha value is -2.00. The quantitative estimate of drug-likeness (QED) is 0.783. The summed E-state index contributed by atoms with van der Waals surface area (Å²) in [5.41, 5.74) is 4.40. The predicted octanol–water partition coefficient (Wildman–Crippen LogP) is 4.15. The van der Waals surface area contributed by atoms with Gasteiger partial charge in [0.05, 0.1) is 17.6 Å². The minimum Gasteiger partial charge on any atom is -0.378 e. The number of nitrogens with zero attached hydrogens (tertiary/aromatic N) is 2. The molecule has 0 saturated carbocycles. The number of aryl methyl sites for hydroxylation is 2. The summed E-state index contributed by atoms with van der Waals surface area (Å²) in [5, 5.41) is 4.18. The van der Waals surface area contributed by atoms with Crippen LogP contribution in [0, 0.1) is 6.92 Å². The smallest absolute Gasteiger partial charge is 0.128 e. The molecule has 1 heterocycles. The van der Waals surface area contributed by atoms with E-state index in [1.54, 1.807) is 0 Å². The maximum Gasteiger partial charge on any atom is 0.128 e. The van der Waals surface area contributed by atoms with E-state index < -0.39 is 0 Å². The molecule has 3 aromatic rings. The van der Waals surface area contributed by atoms with Crippen molar-refractivity contribution < 1.29 is 0 Å². The van der Waals surface area contributed by atoms with Crippen LogP contribution in [0.1, 0.15) is 11.4 Å². The van der Waals surface area contributed by atoms with E-state index in [-0.39, 0.29) is 0 Å². The number of halogens is 1. The van der Waals surface area contributed by atoms with Crippen LogP contribution in [0.15, 0.2) is 42.5 Å². The van der Waals surface area contributed by atoms with Gasteiger partial charge in [0.2, 0.25) is 0 Å². The molecule has 3 nitrogen and oxygen atoms in total. The third-order valence-electron chi connectivity index (χ3n) is 3.51. The number of para-hydroxylation sites is 2. The summed E-state index contributed by atoms with van der Waals surface area (Å²) in [7, 11) is 2.04. The number of benzene rings is 2. The second-order valence-electron chi connectivity index (χ2n) is 4.89. The highest BCUT2D eigenvalue weighted by molar-refractivity contribution is 6.30. The SMILES string of the molecule is Cc1cc(Cl)ccc1NCc1nc2ccccc2n1C. The lowest BCUT2D eigenvalue weighted by atomic mass is 10.2. The summed E-state index contributed by atoms with van der Waals surface area (Å²) >= 11 is 5.97. The second kappa shape index (κ2) is 5.17. The van der Waals surface area contributed by atoms with E-state index in [9.17, 15) is 0 Å². The van der Waals surface area contributed by atoms with Crippen LogP contribution in [0.5, 0.6) is 0 Å². The van der Waals surface area contributed by atoms with Gasteiger partial charge in [-0.05, 0) is 42.8 Å². The fourth-order valence-electron chi connectivity index (χ4n) is 2.35. The fourth-order valence-corrected chi connectivity index (χ4v) is 2.58. The maximum atomic E-state index is 5.97. The Bertz CT molecular complexity index is 762. The lowest BCUT2D eigenvalue weighted by Crippen LogP contribution is -2.06. The standard InChI is InChI=1S/C16H16ClN3/c1-11-9-12(17)7-8-13(11)18-10-16-19-14-5-3-4-6-15(14)20(16)2/h3-9,18H,10H2,1-2H3. The molecular formula is C16H16ClN3. The largest absolute Gasteiger partial charge is 0.378 e. The molecular weight excluding hydrogens is 270 g/mol. The molecule has 0 atom stereocenters. The Labute approximate surface area is 123 Å². The van der Waals surface area contributed by atoms with Crippen molar-refractivity contribution in [3.05, 3.63) is 58.9 Å². The van der Waals surface area contributed by atoms with E-state index >= 15 is 0 Å². The van der Waals surface area contributed by atoms with Crippen LogP contribution in [0.2, 0.25) is 5.02 Å². The molecule has 0 aliphatic heterocycles. The number of imidazole rings is 1. The monoisotopic (exact) mass is 285 g/mol. The number of anilines is 1. The highest BCUT2D eigenvalue weighted by Crippen LogP contribution is 2.21. The van der Waals surface area contributed by atoms with E-state index in [1.807, 2.05) is 50.4 Å². The number of nitrogens with one attached hydrogen (secondary N) is 1. The number of fused-ring (bicyclic) bond motifs is 1. The van der Waals surface area contributed by atoms with Gasteiger partial charge in [0.1, 0.15) is 5.82 Å². The maximum absolute atomic E-state index is 5.97. The van der Waals surface area contributed by atoms with Crippen LogP contribution < -0.4 is 5.32 Å². The highest BCUT2D eigenvalue weighted by atomic mass is 35.5. The van der Waals surface area contributed by atoms with E-state index in [0.29, 0.717) is 6.54 Å². The van der Waals surface area contributed by atoms with Gasteiger partial charge in [0.25, 0.3) is 0 Å². The predicted molar refractivity (Wildman–Crippen MR) is 84.2 cm³/mol. The van der Waals surface area contributed by atoms with E-state index in [2.05, 4.69) is 20.9 Å². The van der Waals surface area contributed by atoms with Crippen molar-refractivity contribution in [1.29, 1.82) is 0 Å². The van der Waals surface area contributed by atoms with E-state index in [0.717, 1.165) is 33.1 Å². The summed E-state index contributed by atoms with van der Waals surface area (Å²) in [6, 6.07) is 14.0. The molecule has 0 radical (unpaired) electrons. The lowest BCUT2D eigenvalue weighted by Gasteiger charge is -2.09. The topological polar surface area (TPSA) is 29.9 Å². The molecule has 1 N–H and O–H groups in total. The van der Waals surface area contributed by atoms with Crippen molar-refractivity contribution in [2.45, 2.75) is 13.5 Å². The van der Waals surface area contributed by atoms with Crippen molar-refractivity contribution in [1.82, 2.24) is 9.55 Å². The molecule has 0 spiro atoms. The van der Waals surface area contributed by atoms with Gasteiger partial charge in [-0.15, -0.1) is 0 Å². The highest BCUT2D eigenvalue weighted by Gasteiger charge is 2.07. The molecule has 3 rings (SSSR count). The minimum atomic E-state index is 0.688. The van der Waals surface area contributed by atoms with Gasteiger partial charge >= 0.3 is 0 Å². The first-order valence-electron chi connectivity index (χ1n) is 6.55. The lowest BCUT2D eigenvalue weighted by molar-refractivity contribution is 0.834. The summed E-state index contributed by atoms with van der Waals surface area (Å²) < 4.78 is 2.12. The van der Waals surface area contributed by atoms with Gasteiger partial charge in [-0.1, -0.05) is 23.7 Å². The van der Waals surface area contributed by atoms with Gasteiger partial charge < -0.3 is 9.88 Å². The first-order valence-corrected chi connectivity index (χ1v) is 6.93. The molecule has 20 heavy (non-hydrogen) atoms. The summed E-state index contributed by atoms with van der Waals surface area (Å²) in [4.78, 5) is 4.65. The van der Waals surface area contributed by atoms with Crippen molar-refractivity contribution in [2.75, 3.05) is 5.32 Å². The van der Waals surface area contributed by atoms with Gasteiger partial charge in [-0.3, -0.25) is 0 Å². The molecule has 0 saturated heterocycles. The first kappa shape index (κ1) is 13.0. The Kier molecular flexibility index (Phi) is 3.36. The van der Waals surface area contributed by atoms with Crippen molar-refractivity contribution >= 4 is 28.3 Å². The molecule has 0 unspecified atom stereocenters. The first-order chi connectivity index (χ1) is 9.65. The van der Waals surface area contributed by atoms with Crippen LogP contribution in [0.25, 0.3) is 11.0 Å². The average molecular weight is 286 g/mol. The van der Waals surface area contributed by atoms with Crippen LogP contribution in [-0.4, -0.2) is 9.55 Å². The van der Waals surface area contributed by atoms with Gasteiger partial charge in [0.15, 0.2) is 0 Å². The Morgan fingerprint density at radius 1 is 1.20 bits per heavy atom. The van der Waals surface area contributed by atoms with E-state index in [4.69, 9.17) is 11.6 Å². The Morgan fingerprint density at radius 2 is 2.00 bits per heavy atom. The zero-order valence-electron chi connectivity index (χ0n) is 11.5. The average Bonchev–Trinajstić information content (AvgIpc) is 2.75. The summed E-state index contributed by atoms with van der Waals surface area (Å²) in [5.74, 6) is 1.01. The fraction of sp³-hybridized carbons (Fsp3) is 0.188. The normalized spacial score (nSPS) is 10.9.